The van der Waals surface area contributed by atoms with Crippen LogP contribution in [0.2, 0.25) is 0 Å². The largest absolute Gasteiger partial charge is 0.289 e. The summed E-state index contributed by atoms with van der Waals surface area (Å²) in [5.41, 5.74) is 2.72. The SMILES string of the molecule is C/C=c1/cccc2c1=C(C)C(=O)N(CCCCCC(=O)NO)C2=O.CC. The van der Waals surface area contributed by atoms with E-state index in [0.717, 1.165) is 10.4 Å². The van der Waals surface area contributed by atoms with Crippen molar-refractivity contribution in [2.45, 2.75) is 53.4 Å². The molecule has 2 rings (SSSR count). The highest BCUT2D eigenvalue weighted by Crippen LogP contribution is 2.13. The number of hydrogen-bond acceptors (Lipinski definition) is 4. The predicted octanol–water partition coefficient (Wildman–Crippen LogP) is 1.73. The number of carbonyl (C=O) groups excluding carboxylic acids is 3. The van der Waals surface area contributed by atoms with Crippen molar-refractivity contribution < 1.29 is 19.6 Å². The lowest BCUT2D eigenvalue weighted by Crippen LogP contribution is -2.49. The lowest BCUT2D eigenvalue weighted by atomic mass is 9.98. The van der Waals surface area contributed by atoms with Gasteiger partial charge in [0.1, 0.15) is 0 Å². The fourth-order valence-corrected chi connectivity index (χ4v) is 2.95. The van der Waals surface area contributed by atoms with Crippen LogP contribution in [-0.2, 0) is 9.59 Å². The number of hydroxylamine groups is 1. The number of imide groups is 1. The van der Waals surface area contributed by atoms with E-state index < -0.39 is 5.91 Å². The molecule has 6 nitrogen and oxygen atoms in total. The van der Waals surface area contributed by atoms with Crippen LogP contribution in [0.15, 0.2) is 18.2 Å². The second-order valence-corrected chi connectivity index (χ2v) is 5.79. The molecule has 0 fully saturated rings. The molecule has 0 spiro atoms. The van der Waals surface area contributed by atoms with E-state index in [9.17, 15) is 14.4 Å². The molecule has 26 heavy (non-hydrogen) atoms. The van der Waals surface area contributed by atoms with Gasteiger partial charge in [0.25, 0.3) is 11.8 Å². The summed E-state index contributed by atoms with van der Waals surface area (Å²) in [6.07, 6.45) is 4.03. The maximum absolute atomic E-state index is 12.6. The molecule has 1 heterocycles. The highest BCUT2D eigenvalue weighted by molar-refractivity contribution is 6.24. The Balaban J connectivity index is 0.00000163. The molecule has 1 aliphatic heterocycles. The third kappa shape index (κ3) is 4.79. The number of hydrogen-bond donors (Lipinski definition) is 2. The fraction of sp³-hybridized carbons (Fsp3) is 0.450. The maximum Gasteiger partial charge on any atom is 0.261 e. The molecular weight excluding hydrogens is 332 g/mol. The lowest BCUT2D eigenvalue weighted by Gasteiger charge is -2.26. The van der Waals surface area contributed by atoms with Gasteiger partial charge in [-0.05, 0) is 38.0 Å². The van der Waals surface area contributed by atoms with Crippen LogP contribution in [0.5, 0.6) is 0 Å². The van der Waals surface area contributed by atoms with Crippen molar-refractivity contribution in [2.24, 2.45) is 0 Å². The van der Waals surface area contributed by atoms with Crippen LogP contribution < -0.4 is 15.9 Å². The molecule has 0 radical (unpaired) electrons. The lowest BCUT2D eigenvalue weighted by molar-refractivity contribution is -0.129. The van der Waals surface area contributed by atoms with Gasteiger partial charge >= 0.3 is 0 Å². The second kappa shape index (κ2) is 10.5. The van der Waals surface area contributed by atoms with Crippen LogP contribution in [0.1, 0.15) is 63.7 Å². The Bertz CT molecular complexity index is 783. The van der Waals surface area contributed by atoms with Crippen molar-refractivity contribution in [2.75, 3.05) is 6.54 Å². The second-order valence-electron chi connectivity index (χ2n) is 5.79. The molecule has 1 aromatic rings. The average molecular weight is 360 g/mol. The highest BCUT2D eigenvalue weighted by Gasteiger charge is 2.29. The number of amides is 3. The third-order valence-electron chi connectivity index (χ3n) is 4.23. The summed E-state index contributed by atoms with van der Waals surface area (Å²) in [7, 11) is 0. The van der Waals surface area contributed by atoms with Crippen LogP contribution in [0.3, 0.4) is 0 Å². The predicted molar refractivity (Wildman–Crippen MR) is 101 cm³/mol. The van der Waals surface area contributed by atoms with E-state index in [4.69, 9.17) is 5.21 Å². The molecule has 1 aromatic carbocycles. The van der Waals surface area contributed by atoms with E-state index in [0.29, 0.717) is 36.9 Å². The zero-order valence-electron chi connectivity index (χ0n) is 16.0. The van der Waals surface area contributed by atoms with Gasteiger partial charge in [-0.3, -0.25) is 24.5 Å². The minimum absolute atomic E-state index is 0.224. The molecule has 0 saturated heterocycles. The van der Waals surface area contributed by atoms with Gasteiger partial charge in [0, 0.05) is 29.3 Å². The van der Waals surface area contributed by atoms with Crippen molar-refractivity contribution >= 4 is 29.4 Å². The van der Waals surface area contributed by atoms with Crippen LogP contribution >= 0.6 is 0 Å². The standard InChI is InChI=1S/C18H22N2O4.C2H6/c1-3-13-8-7-9-14-16(13)12(2)17(22)20(18(14)23)11-6-4-5-10-15(21)19-24;1-2/h3,7-9,24H,4-6,10-11H2,1-2H3,(H,19,21);1-2H3/b13-3-;. The maximum atomic E-state index is 12.6. The van der Waals surface area contributed by atoms with Gasteiger partial charge in [-0.25, -0.2) is 5.48 Å². The van der Waals surface area contributed by atoms with E-state index in [1.165, 1.54) is 4.90 Å². The van der Waals surface area contributed by atoms with Crippen LogP contribution in [0.25, 0.3) is 11.6 Å². The Kier molecular flexibility index (Phi) is 8.72. The van der Waals surface area contributed by atoms with E-state index in [-0.39, 0.29) is 18.2 Å². The van der Waals surface area contributed by atoms with Crippen molar-refractivity contribution in [3.05, 3.63) is 34.2 Å². The van der Waals surface area contributed by atoms with Gasteiger partial charge in [-0.15, -0.1) is 0 Å². The molecule has 3 amide bonds. The third-order valence-corrected chi connectivity index (χ3v) is 4.23. The molecule has 0 unspecified atom stereocenters. The highest BCUT2D eigenvalue weighted by atomic mass is 16.5. The summed E-state index contributed by atoms with van der Waals surface area (Å²) in [4.78, 5) is 37.4. The summed E-state index contributed by atoms with van der Waals surface area (Å²) < 4.78 is 0. The summed E-state index contributed by atoms with van der Waals surface area (Å²) in [5, 5.41) is 10.0. The zero-order chi connectivity index (χ0) is 19.7. The van der Waals surface area contributed by atoms with Crippen molar-refractivity contribution in [3.63, 3.8) is 0 Å². The number of nitrogens with one attached hydrogen (secondary N) is 1. The first-order chi connectivity index (χ1) is 12.5. The first-order valence-corrected chi connectivity index (χ1v) is 9.06. The van der Waals surface area contributed by atoms with Gasteiger partial charge in [0.2, 0.25) is 5.91 Å². The van der Waals surface area contributed by atoms with Crippen LogP contribution in [0, 0.1) is 0 Å². The molecule has 2 N–H and O–H groups in total. The fourth-order valence-electron chi connectivity index (χ4n) is 2.95. The van der Waals surface area contributed by atoms with Gasteiger partial charge in [0.05, 0.1) is 0 Å². The molecule has 0 aliphatic carbocycles. The Labute approximate surface area is 154 Å². The molecule has 0 bridgehead atoms. The van der Waals surface area contributed by atoms with Gasteiger partial charge in [-0.1, -0.05) is 38.5 Å². The number of benzene rings is 1. The molecular formula is C20H28N2O4. The molecule has 142 valence electrons. The van der Waals surface area contributed by atoms with Crippen molar-refractivity contribution in [1.82, 2.24) is 10.4 Å². The molecule has 6 heteroatoms. The Morgan fingerprint density at radius 3 is 2.46 bits per heavy atom. The summed E-state index contributed by atoms with van der Waals surface area (Å²) in [6, 6.07) is 5.46. The molecule has 0 atom stereocenters. The van der Waals surface area contributed by atoms with E-state index in [1.807, 2.05) is 39.0 Å². The minimum atomic E-state index is -0.429. The van der Waals surface area contributed by atoms with Crippen molar-refractivity contribution in [1.29, 1.82) is 0 Å². The first-order valence-electron chi connectivity index (χ1n) is 9.06. The average Bonchev–Trinajstić information content (AvgIpc) is 2.68. The smallest absolute Gasteiger partial charge is 0.261 e. The number of carbonyl (C=O) groups is 3. The van der Waals surface area contributed by atoms with Gasteiger partial charge in [0.15, 0.2) is 0 Å². The van der Waals surface area contributed by atoms with E-state index >= 15 is 0 Å². The summed E-state index contributed by atoms with van der Waals surface area (Å²) in [6.45, 7) is 7.96. The Hall–Kier alpha value is -2.47. The van der Waals surface area contributed by atoms with Crippen LogP contribution in [-0.4, -0.2) is 34.4 Å². The molecule has 0 saturated carbocycles. The number of unbranched alkanes of at least 4 members (excludes halogenated alkanes) is 2. The van der Waals surface area contributed by atoms with Crippen LogP contribution in [0.4, 0.5) is 0 Å². The van der Waals surface area contributed by atoms with Gasteiger partial charge in [-0.2, -0.15) is 0 Å². The number of fused-ring (bicyclic) bond motifs is 1. The van der Waals surface area contributed by atoms with E-state index in [2.05, 4.69) is 0 Å². The summed E-state index contributed by atoms with van der Waals surface area (Å²) in [5.74, 6) is -0.950. The normalized spacial score (nSPS) is 14.0. The van der Waals surface area contributed by atoms with Gasteiger partial charge < -0.3 is 0 Å². The Morgan fingerprint density at radius 1 is 1.15 bits per heavy atom. The topological polar surface area (TPSA) is 86.7 Å². The zero-order valence-corrected chi connectivity index (χ0v) is 16.0. The minimum Gasteiger partial charge on any atom is -0.289 e. The van der Waals surface area contributed by atoms with E-state index in [1.54, 1.807) is 18.5 Å². The molecule has 1 aliphatic rings. The molecule has 0 aromatic heterocycles. The number of rotatable bonds is 6. The van der Waals surface area contributed by atoms with Crippen molar-refractivity contribution in [3.8, 4) is 0 Å². The summed E-state index contributed by atoms with van der Waals surface area (Å²) >= 11 is 0. The monoisotopic (exact) mass is 360 g/mol. The Morgan fingerprint density at radius 2 is 1.85 bits per heavy atom. The quantitative estimate of drug-likeness (QED) is 0.350. The number of nitrogens with zero attached hydrogens (tertiary/aromatic N) is 1. The first kappa shape index (κ1) is 21.6.